The third kappa shape index (κ3) is 4.25. The molecule has 1 amide bonds. The van der Waals surface area contributed by atoms with Crippen LogP contribution in [0.25, 0.3) is 5.69 Å². The standard InChI is InChI=1S/C20H20FN3O2S/c1-3-26-17-10-4-14(5-11-17)13(2)23-19(25)18-12-22-20(27)24(18)16-8-6-15(21)7-9-16/h4-13H,3H2,1-2H3,(H,22,27)(H,23,25). The van der Waals surface area contributed by atoms with Crippen molar-refractivity contribution >= 4 is 18.1 Å². The Morgan fingerprint density at radius 3 is 2.52 bits per heavy atom. The average molecular weight is 385 g/mol. The largest absolute Gasteiger partial charge is 0.494 e. The summed E-state index contributed by atoms with van der Waals surface area (Å²) in [5.74, 6) is 0.152. The van der Waals surface area contributed by atoms with Crippen LogP contribution < -0.4 is 10.1 Å². The first-order chi connectivity index (χ1) is 13.0. The molecule has 1 heterocycles. The smallest absolute Gasteiger partial charge is 0.270 e. The zero-order chi connectivity index (χ0) is 19.4. The first-order valence-electron chi connectivity index (χ1n) is 8.59. The lowest BCUT2D eigenvalue weighted by molar-refractivity contribution is 0.0933. The molecule has 5 nitrogen and oxygen atoms in total. The van der Waals surface area contributed by atoms with Crippen LogP contribution in [-0.2, 0) is 0 Å². The number of aromatic nitrogens is 2. The molecule has 2 aromatic carbocycles. The Kier molecular flexibility index (Phi) is 5.71. The molecule has 3 rings (SSSR count). The van der Waals surface area contributed by atoms with Crippen molar-refractivity contribution in [2.45, 2.75) is 19.9 Å². The number of H-pyrrole nitrogens is 1. The summed E-state index contributed by atoms with van der Waals surface area (Å²) in [5.41, 5.74) is 1.92. The van der Waals surface area contributed by atoms with Gasteiger partial charge in [-0.3, -0.25) is 9.36 Å². The van der Waals surface area contributed by atoms with E-state index >= 15 is 0 Å². The molecule has 1 unspecified atom stereocenters. The number of rotatable bonds is 6. The second-order valence-electron chi connectivity index (χ2n) is 5.99. The zero-order valence-electron chi connectivity index (χ0n) is 15.0. The third-order valence-electron chi connectivity index (χ3n) is 4.13. The number of carbonyl (C=O) groups excluding carboxylic acids is 1. The Balaban J connectivity index is 1.80. The average Bonchev–Trinajstić information content (AvgIpc) is 3.05. The maximum atomic E-state index is 13.2. The van der Waals surface area contributed by atoms with Crippen molar-refractivity contribution in [1.82, 2.24) is 14.9 Å². The van der Waals surface area contributed by atoms with Gasteiger partial charge < -0.3 is 15.0 Å². The number of ether oxygens (including phenoxy) is 1. The summed E-state index contributed by atoms with van der Waals surface area (Å²) in [5, 5.41) is 2.96. The van der Waals surface area contributed by atoms with Gasteiger partial charge in [0, 0.05) is 11.9 Å². The molecule has 0 fully saturated rings. The first-order valence-corrected chi connectivity index (χ1v) is 9.00. The number of nitrogens with one attached hydrogen (secondary N) is 2. The van der Waals surface area contributed by atoms with E-state index < -0.39 is 0 Å². The minimum absolute atomic E-state index is 0.210. The second kappa shape index (κ2) is 8.18. The Morgan fingerprint density at radius 2 is 1.89 bits per heavy atom. The van der Waals surface area contributed by atoms with Gasteiger partial charge in [0.2, 0.25) is 0 Å². The van der Waals surface area contributed by atoms with E-state index in [0.717, 1.165) is 11.3 Å². The fraction of sp³-hybridized carbons (Fsp3) is 0.200. The van der Waals surface area contributed by atoms with Crippen LogP contribution in [0.1, 0.15) is 35.9 Å². The molecule has 140 valence electrons. The van der Waals surface area contributed by atoms with E-state index in [0.29, 0.717) is 22.8 Å². The predicted octanol–water partition coefficient (Wildman–Crippen LogP) is 4.56. The summed E-state index contributed by atoms with van der Waals surface area (Å²) >= 11 is 5.27. The van der Waals surface area contributed by atoms with E-state index in [1.807, 2.05) is 38.1 Å². The minimum atomic E-state index is -0.351. The van der Waals surface area contributed by atoms with Crippen LogP contribution in [0.15, 0.2) is 54.7 Å². The molecule has 0 aliphatic carbocycles. The van der Waals surface area contributed by atoms with Crippen LogP contribution in [0.2, 0.25) is 0 Å². The normalized spacial score (nSPS) is 11.8. The Hall–Kier alpha value is -2.93. The number of aromatic amines is 1. The van der Waals surface area contributed by atoms with Gasteiger partial charge in [0.1, 0.15) is 17.3 Å². The number of hydrogen-bond acceptors (Lipinski definition) is 3. The van der Waals surface area contributed by atoms with Gasteiger partial charge >= 0.3 is 0 Å². The number of nitrogens with zero attached hydrogens (tertiary/aromatic N) is 1. The highest BCUT2D eigenvalue weighted by Crippen LogP contribution is 2.19. The monoisotopic (exact) mass is 385 g/mol. The molecule has 0 spiro atoms. The van der Waals surface area contributed by atoms with Crippen molar-refractivity contribution in [1.29, 1.82) is 0 Å². The topological polar surface area (TPSA) is 59.0 Å². The lowest BCUT2D eigenvalue weighted by Crippen LogP contribution is -2.28. The SMILES string of the molecule is CCOc1ccc(C(C)NC(=O)c2c[nH]c(=S)n2-c2ccc(F)cc2)cc1. The van der Waals surface area contributed by atoms with Crippen LogP contribution in [-0.4, -0.2) is 22.1 Å². The van der Waals surface area contributed by atoms with Crippen molar-refractivity contribution in [3.8, 4) is 11.4 Å². The molecule has 1 atom stereocenters. The van der Waals surface area contributed by atoms with Crippen LogP contribution in [0, 0.1) is 10.6 Å². The highest BCUT2D eigenvalue weighted by atomic mass is 32.1. The van der Waals surface area contributed by atoms with E-state index in [2.05, 4.69) is 10.3 Å². The zero-order valence-corrected chi connectivity index (χ0v) is 15.8. The molecule has 0 radical (unpaired) electrons. The second-order valence-corrected chi connectivity index (χ2v) is 6.37. The highest BCUT2D eigenvalue weighted by Gasteiger charge is 2.17. The molecule has 0 aliphatic rings. The number of halogens is 1. The van der Waals surface area contributed by atoms with Crippen LogP contribution >= 0.6 is 12.2 Å². The number of carbonyl (C=O) groups is 1. The first kappa shape index (κ1) is 18.8. The quantitative estimate of drug-likeness (QED) is 0.612. The van der Waals surface area contributed by atoms with Crippen molar-refractivity contribution < 1.29 is 13.9 Å². The number of imidazole rings is 1. The van der Waals surface area contributed by atoms with E-state index in [4.69, 9.17) is 17.0 Å². The molecule has 27 heavy (non-hydrogen) atoms. The fourth-order valence-electron chi connectivity index (χ4n) is 2.76. The lowest BCUT2D eigenvalue weighted by atomic mass is 10.1. The fourth-order valence-corrected chi connectivity index (χ4v) is 3.02. The molecule has 0 bridgehead atoms. The van der Waals surface area contributed by atoms with Crippen molar-refractivity contribution in [3.63, 3.8) is 0 Å². The molecule has 2 N–H and O–H groups in total. The maximum absolute atomic E-state index is 13.2. The van der Waals surface area contributed by atoms with Gasteiger partial charge in [-0.15, -0.1) is 0 Å². The van der Waals surface area contributed by atoms with Crippen LogP contribution in [0.5, 0.6) is 5.75 Å². The number of benzene rings is 2. The van der Waals surface area contributed by atoms with Gasteiger partial charge in [-0.1, -0.05) is 12.1 Å². The summed E-state index contributed by atoms with van der Waals surface area (Å²) in [4.78, 5) is 15.6. The molecule has 3 aromatic rings. The molecular weight excluding hydrogens is 365 g/mol. The molecule has 0 saturated heterocycles. The van der Waals surface area contributed by atoms with E-state index in [9.17, 15) is 9.18 Å². The molecule has 0 aliphatic heterocycles. The van der Waals surface area contributed by atoms with Gasteiger partial charge in [0.05, 0.1) is 12.6 Å². The van der Waals surface area contributed by atoms with Crippen molar-refractivity contribution in [3.05, 3.63) is 76.6 Å². The van der Waals surface area contributed by atoms with E-state index in [1.165, 1.54) is 12.1 Å². The molecular formula is C20H20FN3O2S. The van der Waals surface area contributed by atoms with Gasteiger partial charge in [-0.25, -0.2) is 4.39 Å². The summed E-state index contributed by atoms with van der Waals surface area (Å²) in [6.07, 6.45) is 1.55. The van der Waals surface area contributed by atoms with Gasteiger partial charge in [-0.2, -0.15) is 0 Å². The Morgan fingerprint density at radius 1 is 1.22 bits per heavy atom. The van der Waals surface area contributed by atoms with Gasteiger partial charge in [0.15, 0.2) is 4.77 Å². The number of hydrogen-bond donors (Lipinski definition) is 2. The predicted molar refractivity (Wildman–Crippen MR) is 104 cm³/mol. The summed E-state index contributed by atoms with van der Waals surface area (Å²) in [7, 11) is 0. The summed E-state index contributed by atoms with van der Waals surface area (Å²) < 4.78 is 20.6. The maximum Gasteiger partial charge on any atom is 0.270 e. The van der Waals surface area contributed by atoms with Crippen molar-refractivity contribution in [2.24, 2.45) is 0 Å². The third-order valence-corrected chi connectivity index (χ3v) is 4.43. The molecule has 1 aromatic heterocycles. The Bertz CT molecular complexity index is 978. The minimum Gasteiger partial charge on any atom is -0.494 e. The highest BCUT2D eigenvalue weighted by molar-refractivity contribution is 7.71. The van der Waals surface area contributed by atoms with Crippen LogP contribution in [0.3, 0.4) is 0 Å². The molecule has 7 heteroatoms. The summed E-state index contributed by atoms with van der Waals surface area (Å²) in [6.45, 7) is 4.43. The van der Waals surface area contributed by atoms with Crippen LogP contribution in [0.4, 0.5) is 4.39 Å². The van der Waals surface area contributed by atoms with Gasteiger partial charge in [-0.05, 0) is 68.0 Å². The Labute approximate surface area is 161 Å². The molecule has 0 saturated carbocycles. The summed E-state index contributed by atoms with van der Waals surface area (Å²) in [6, 6.07) is 13.2. The lowest BCUT2D eigenvalue weighted by Gasteiger charge is -2.16. The van der Waals surface area contributed by atoms with Crippen molar-refractivity contribution in [2.75, 3.05) is 6.61 Å². The number of amides is 1. The van der Waals surface area contributed by atoms with Gasteiger partial charge in [0.25, 0.3) is 5.91 Å². The van der Waals surface area contributed by atoms with E-state index in [1.54, 1.807) is 22.9 Å². The van der Waals surface area contributed by atoms with E-state index in [-0.39, 0.29) is 17.8 Å².